The molecule has 1 aliphatic rings. The van der Waals surface area contributed by atoms with Gasteiger partial charge in [-0.15, -0.1) is 0 Å². The molecule has 0 spiro atoms. The number of hydrogen-bond acceptors (Lipinski definition) is 6. The van der Waals surface area contributed by atoms with Crippen LogP contribution in [0.15, 0.2) is 54.7 Å². The molecule has 0 saturated carbocycles. The van der Waals surface area contributed by atoms with Crippen LogP contribution in [0.2, 0.25) is 5.28 Å². The molecule has 2 unspecified atom stereocenters. The molecule has 1 saturated heterocycles. The molecule has 1 aliphatic heterocycles. The highest BCUT2D eigenvalue weighted by molar-refractivity contribution is 6.28. The van der Waals surface area contributed by atoms with Gasteiger partial charge in [-0.05, 0) is 108 Å². The molecule has 2 aromatic carbocycles. The van der Waals surface area contributed by atoms with E-state index in [1.54, 1.807) is 19.1 Å². The van der Waals surface area contributed by atoms with Crippen molar-refractivity contribution in [2.75, 3.05) is 18.0 Å². The first-order valence-corrected chi connectivity index (χ1v) is 13.6. The second kappa shape index (κ2) is 12.9. The molecule has 1 N–H and O–H groups in total. The van der Waals surface area contributed by atoms with Gasteiger partial charge in [0.25, 0.3) is 0 Å². The zero-order valence-corrected chi connectivity index (χ0v) is 22.8. The molecule has 3 aromatic rings. The van der Waals surface area contributed by atoms with Gasteiger partial charge in [-0.3, -0.25) is 4.57 Å². The van der Waals surface area contributed by atoms with Crippen LogP contribution in [-0.4, -0.2) is 38.8 Å². The Morgan fingerprint density at radius 3 is 2.35 bits per heavy atom. The monoisotopic (exact) mass is 580 g/mol. The van der Waals surface area contributed by atoms with Crippen LogP contribution in [0.5, 0.6) is 5.75 Å². The Labute approximate surface area is 235 Å². The molecule has 216 valence electrons. The fourth-order valence-electron chi connectivity index (χ4n) is 4.99. The molecule has 1 fully saturated rings. The molecule has 0 aliphatic carbocycles. The number of piperidine rings is 1. The van der Waals surface area contributed by atoms with E-state index in [0.29, 0.717) is 11.7 Å². The molecule has 1 aromatic heterocycles. The van der Waals surface area contributed by atoms with Gasteiger partial charge in [0.15, 0.2) is 6.23 Å². The van der Waals surface area contributed by atoms with Crippen molar-refractivity contribution in [1.29, 1.82) is 0 Å². The number of rotatable bonds is 11. The van der Waals surface area contributed by atoms with Crippen LogP contribution in [0.25, 0.3) is 0 Å². The predicted molar refractivity (Wildman–Crippen MR) is 146 cm³/mol. The summed E-state index contributed by atoms with van der Waals surface area (Å²) in [7, 11) is 0. The summed E-state index contributed by atoms with van der Waals surface area (Å²) < 4.78 is 45.6. The molecule has 12 heteroatoms. The van der Waals surface area contributed by atoms with Crippen molar-refractivity contribution in [3.8, 4) is 5.75 Å². The van der Waals surface area contributed by atoms with Gasteiger partial charge in [-0.25, -0.2) is 0 Å². The Morgan fingerprint density at radius 2 is 1.80 bits per heavy atom. The minimum atomic E-state index is -4.30. The summed E-state index contributed by atoms with van der Waals surface area (Å²) in [5.41, 5.74) is 1.37. The molecule has 0 radical (unpaired) electrons. The normalized spacial score (nSPS) is 16.1. The number of halogens is 4. The lowest BCUT2D eigenvalue weighted by atomic mass is 9.90. The number of ether oxygens (including phenoxy) is 1. The van der Waals surface area contributed by atoms with Crippen molar-refractivity contribution in [2.45, 2.75) is 64.0 Å². The molecule has 2 heterocycles. The van der Waals surface area contributed by atoms with Gasteiger partial charge in [0, 0.05) is 25.2 Å². The molecule has 0 bridgehead atoms. The highest BCUT2D eigenvalue weighted by atomic mass is 35.5. The number of anilines is 1. The molecule has 40 heavy (non-hydrogen) atoms. The largest absolute Gasteiger partial charge is 0.470 e. The highest BCUT2D eigenvalue weighted by Crippen LogP contribution is 2.32. The quantitative estimate of drug-likeness (QED) is 0.193. The second-order valence-electron chi connectivity index (χ2n) is 10.2. The third-order valence-electron chi connectivity index (χ3n) is 7.16. The summed E-state index contributed by atoms with van der Waals surface area (Å²) in [6, 6.07) is 13.0. The first kappa shape index (κ1) is 29.7. The Hall–Kier alpha value is -3.31. The minimum Gasteiger partial charge on any atom is -0.470 e. The summed E-state index contributed by atoms with van der Waals surface area (Å²) in [5, 5.41) is 20.9. The van der Waals surface area contributed by atoms with Crippen molar-refractivity contribution >= 4 is 23.1 Å². The SMILES string of the molecule is CC(O)CC(Oc1ccc(N2CCC(CCCc3ccc(C(F)(F)F)cc3)CC2)cc1)n1cc([N+](=O)[O-])nc1Cl. The molecule has 2 atom stereocenters. The minimum absolute atomic E-state index is 0.101. The zero-order valence-electron chi connectivity index (χ0n) is 22.1. The Morgan fingerprint density at radius 1 is 1.15 bits per heavy atom. The molecule has 8 nitrogen and oxygen atoms in total. The van der Waals surface area contributed by atoms with Gasteiger partial charge >= 0.3 is 17.3 Å². The van der Waals surface area contributed by atoms with E-state index in [1.165, 1.54) is 10.8 Å². The number of nitro groups is 1. The predicted octanol–water partition coefficient (Wildman–Crippen LogP) is 7.05. The van der Waals surface area contributed by atoms with E-state index >= 15 is 0 Å². The zero-order chi connectivity index (χ0) is 28.9. The van der Waals surface area contributed by atoms with Crippen LogP contribution >= 0.6 is 11.6 Å². The van der Waals surface area contributed by atoms with Crippen molar-refractivity contribution in [1.82, 2.24) is 9.55 Å². The standard InChI is InChI=1S/C28H32ClF3N4O4/c1-19(37)17-26(35-18-25(36(38)39)33-27(35)29)40-24-11-9-23(10-12-24)34-15-13-21(14-16-34)4-2-3-20-5-7-22(8-6-20)28(30,31)32/h5-12,18-19,21,26,37H,2-4,13-17H2,1H3. The number of aliphatic hydroxyl groups is 1. The van der Waals surface area contributed by atoms with E-state index in [-0.39, 0.29) is 11.7 Å². The van der Waals surface area contributed by atoms with Crippen LogP contribution in [0, 0.1) is 16.0 Å². The maximum Gasteiger partial charge on any atom is 0.416 e. The van der Waals surface area contributed by atoms with Gasteiger partial charge in [-0.1, -0.05) is 12.1 Å². The number of alkyl halides is 3. The van der Waals surface area contributed by atoms with Crippen LogP contribution < -0.4 is 9.64 Å². The molecule has 0 amide bonds. The van der Waals surface area contributed by atoms with Crippen molar-refractivity contribution in [3.63, 3.8) is 0 Å². The van der Waals surface area contributed by atoms with E-state index in [9.17, 15) is 28.4 Å². The lowest BCUT2D eigenvalue weighted by molar-refractivity contribution is -0.389. The van der Waals surface area contributed by atoms with E-state index in [2.05, 4.69) is 9.88 Å². The second-order valence-corrected chi connectivity index (χ2v) is 10.5. The van der Waals surface area contributed by atoms with Gasteiger partial charge in [-0.2, -0.15) is 13.2 Å². The maximum atomic E-state index is 12.7. The lowest BCUT2D eigenvalue weighted by Crippen LogP contribution is -2.33. The summed E-state index contributed by atoms with van der Waals surface area (Å²) in [4.78, 5) is 16.5. The third-order valence-corrected chi connectivity index (χ3v) is 7.44. The van der Waals surface area contributed by atoms with Crippen LogP contribution in [-0.2, 0) is 12.6 Å². The molecular formula is C28H32ClF3N4O4. The first-order chi connectivity index (χ1) is 19.0. The number of aliphatic hydroxyl groups excluding tert-OH is 1. The van der Waals surface area contributed by atoms with Gasteiger partial charge < -0.3 is 24.9 Å². The number of aromatic nitrogens is 2. The number of nitrogens with zero attached hydrogens (tertiary/aromatic N) is 4. The van der Waals surface area contributed by atoms with Crippen LogP contribution in [0.4, 0.5) is 24.7 Å². The number of benzene rings is 2. The van der Waals surface area contributed by atoms with Crippen LogP contribution in [0.1, 0.15) is 56.4 Å². The fraction of sp³-hybridized carbons (Fsp3) is 0.464. The van der Waals surface area contributed by atoms with Crippen molar-refractivity contribution in [2.24, 2.45) is 5.92 Å². The van der Waals surface area contributed by atoms with Gasteiger partial charge in [0.05, 0.1) is 11.7 Å². The average Bonchev–Trinajstić information content (AvgIpc) is 3.31. The van der Waals surface area contributed by atoms with Crippen molar-refractivity contribution in [3.05, 3.63) is 81.3 Å². The Kier molecular flexibility index (Phi) is 9.57. The van der Waals surface area contributed by atoms with E-state index < -0.39 is 34.8 Å². The average molecular weight is 581 g/mol. The highest BCUT2D eigenvalue weighted by Gasteiger charge is 2.30. The summed E-state index contributed by atoms with van der Waals surface area (Å²) in [6.07, 6.45) is 0.365. The summed E-state index contributed by atoms with van der Waals surface area (Å²) in [6.45, 7) is 3.41. The smallest absolute Gasteiger partial charge is 0.416 e. The lowest BCUT2D eigenvalue weighted by Gasteiger charge is -2.34. The molecule has 4 rings (SSSR count). The topological polar surface area (TPSA) is 93.7 Å². The first-order valence-electron chi connectivity index (χ1n) is 13.2. The van der Waals surface area contributed by atoms with Crippen LogP contribution in [0.3, 0.4) is 0 Å². The maximum absolute atomic E-state index is 12.7. The number of hydrogen-bond donors (Lipinski definition) is 1. The van der Waals surface area contributed by atoms with Gasteiger partial charge in [0.1, 0.15) is 11.9 Å². The van der Waals surface area contributed by atoms with Gasteiger partial charge in [0.2, 0.25) is 0 Å². The Bertz CT molecular complexity index is 1260. The van der Waals surface area contributed by atoms with E-state index in [0.717, 1.165) is 68.6 Å². The summed E-state index contributed by atoms with van der Waals surface area (Å²) >= 11 is 6.10. The molecular weight excluding hydrogens is 549 g/mol. The number of imidazole rings is 1. The van der Waals surface area contributed by atoms with Crippen molar-refractivity contribution < 1.29 is 27.9 Å². The number of aryl methyl sites for hydroxylation is 1. The summed E-state index contributed by atoms with van der Waals surface area (Å²) in [5.74, 6) is 0.709. The fourth-order valence-corrected chi connectivity index (χ4v) is 5.23. The van der Waals surface area contributed by atoms with E-state index in [1.807, 2.05) is 24.3 Å². The Balaban J connectivity index is 1.26. The third kappa shape index (κ3) is 7.88. The van der Waals surface area contributed by atoms with E-state index in [4.69, 9.17) is 16.3 Å².